The Labute approximate surface area is 170 Å². The van der Waals surface area contributed by atoms with Crippen molar-refractivity contribution in [3.05, 3.63) is 63.8 Å². The Hall–Kier alpha value is -2.65. The molecule has 0 fully saturated rings. The number of aryl methyl sites for hydroxylation is 1. The molecule has 0 saturated heterocycles. The van der Waals surface area contributed by atoms with Crippen LogP contribution in [0.2, 0.25) is 0 Å². The highest BCUT2D eigenvalue weighted by Crippen LogP contribution is 2.24. The number of rotatable bonds is 8. The number of thioether (sulfide) groups is 1. The molecular weight excluding hydrogens is 398 g/mol. The molecule has 0 bridgehead atoms. The van der Waals surface area contributed by atoms with E-state index in [2.05, 4.69) is 15.5 Å². The molecule has 0 radical (unpaired) electrons. The number of amides is 1. The second-order valence-electron chi connectivity index (χ2n) is 5.95. The number of nitrogens with one attached hydrogen (secondary N) is 1. The van der Waals surface area contributed by atoms with Gasteiger partial charge in [-0.25, -0.2) is 9.78 Å². The average molecular weight is 418 g/mol. The normalized spacial score (nSPS) is 11.8. The first kappa shape index (κ1) is 20.1. The molecule has 28 heavy (non-hydrogen) atoms. The molecule has 0 aliphatic rings. The minimum Gasteiger partial charge on any atom is -0.452 e. The van der Waals surface area contributed by atoms with E-state index in [-0.39, 0.29) is 18.6 Å². The SMILES string of the molecule is Cc1cc(CSc2ncccc2C(=O)OCC(=O)N[C@@H](C)c2cccs2)no1. The minimum absolute atomic E-state index is 0.137. The molecule has 3 aromatic heterocycles. The predicted octanol–water partition coefficient (Wildman–Crippen LogP) is 3.77. The van der Waals surface area contributed by atoms with Crippen LogP contribution in [0.25, 0.3) is 0 Å². The van der Waals surface area contributed by atoms with Gasteiger partial charge in [-0.3, -0.25) is 4.79 Å². The van der Waals surface area contributed by atoms with Gasteiger partial charge in [0.05, 0.1) is 17.3 Å². The van der Waals surface area contributed by atoms with Crippen molar-refractivity contribution >= 4 is 35.0 Å². The van der Waals surface area contributed by atoms with Crippen LogP contribution in [-0.4, -0.2) is 28.6 Å². The maximum atomic E-state index is 12.4. The van der Waals surface area contributed by atoms with Gasteiger partial charge in [-0.1, -0.05) is 23.0 Å². The summed E-state index contributed by atoms with van der Waals surface area (Å²) in [6.07, 6.45) is 1.60. The maximum absolute atomic E-state index is 12.4. The van der Waals surface area contributed by atoms with Crippen molar-refractivity contribution in [1.82, 2.24) is 15.5 Å². The Morgan fingerprint density at radius 3 is 2.93 bits per heavy atom. The number of carbonyl (C=O) groups excluding carboxylic acids is 2. The van der Waals surface area contributed by atoms with Gasteiger partial charge in [0.25, 0.3) is 5.91 Å². The summed E-state index contributed by atoms with van der Waals surface area (Å²) in [5, 5.41) is 9.19. The molecule has 9 heteroatoms. The van der Waals surface area contributed by atoms with E-state index >= 15 is 0 Å². The molecule has 0 aliphatic heterocycles. The fourth-order valence-electron chi connectivity index (χ4n) is 2.39. The lowest BCUT2D eigenvalue weighted by Gasteiger charge is -2.12. The molecule has 0 unspecified atom stereocenters. The molecule has 3 aromatic rings. The van der Waals surface area contributed by atoms with Crippen molar-refractivity contribution in [3.8, 4) is 0 Å². The van der Waals surface area contributed by atoms with E-state index in [4.69, 9.17) is 9.26 Å². The van der Waals surface area contributed by atoms with E-state index in [0.29, 0.717) is 16.3 Å². The molecular formula is C19H19N3O4S2. The summed E-state index contributed by atoms with van der Waals surface area (Å²) in [5.74, 6) is 0.281. The maximum Gasteiger partial charge on any atom is 0.341 e. The van der Waals surface area contributed by atoms with Gasteiger partial charge < -0.3 is 14.6 Å². The van der Waals surface area contributed by atoms with Crippen molar-refractivity contribution in [2.24, 2.45) is 0 Å². The number of aromatic nitrogens is 2. The molecule has 1 amide bonds. The van der Waals surface area contributed by atoms with E-state index < -0.39 is 5.97 Å². The van der Waals surface area contributed by atoms with E-state index in [0.717, 1.165) is 16.3 Å². The third-order valence-corrected chi connectivity index (χ3v) is 5.80. The number of ether oxygens (including phenoxy) is 1. The highest BCUT2D eigenvalue weighted by atomic mass is 32.2. The first-order chi connectivity index (χ1) is 13.5. The zero-order chi connectivity index (χ0) is 19.9. The van der Waals surface area contributed by atoms with Crippen LogP contribution in [0.1, 0.15) is 39.7 Å². The van der Waals surface area contributed by atoms with Crippen LogP contribution in [0, 0.1) is 6.92 Å². The fourth-order valence-corrected chi connectivity index (χ4v) is 3.99. The number of thiophene rings is 1. The van der Waals surface area contributed by atoms with Gasteiger partial charge in [-0.05, 0) is 37.4 Å². The topological polar surface area (TPSA) is 94.3 Å². The number of pyridine rings is 1. The highest BCUT2D eigenvalue weighted by Gasteiger charge is 2.17. The van der Waals surface area contributed by atoms with Gasteiger partial charge >= 0.3 is 5.97 Å². The standard InChI is InChI=1S/C19H19N3O4S2/c1-12-9-14(22-26-12)11-28-18-15(5-3-7-20-18)19(24)25-10-17(23)21-13(2)16-6-4-8-27-16/h3-9,13H,10-11H2,1-2H3,(H,21,23)/t13-/m0/s1. The number of nitrogens with zero attached hydrogens (tertiary/aromatic N) is 2. The van der Waals surface area contributed by atoms with E-state index in [1.54, 1.807) is 29.7 Å². The summed E-state index contributed by atoms with van der Waals surface area (Å²) in [5.41, 5.74) is 1.07. The third kappa shape index (κ3) is 5.43. The van der Waals surface area contributed by atoms with Crippen LogP contribution in [0.5, 0.6) is 0 Å². The number of hydrogen-bond donors (Lipinski definition) is 1. The summed E-state index contributed by atoms with van der Waals surface area (Å²) in [7, 11) is 0. The second kappa shape index (κ2) is 9.52. The lowest BCUT2D eigenvalue weighted by Crippen LogP contribution is -2.30. The smallest absolute Gasteiger partial charge is 0.341 e. The molecule has 3 rings (SSSR count). The predicted molar refractivity (Wildman–Crippen MR) is 106 cm³/mol. The molecule has 0 aromatic carbocycles. The first-order valence-electron chi connectivity index (χ1n) is 8.53. The van der Waals surface area contributed by atoms with Crippen LogP contribution >= 0.6 is 23.1 Å². The molecule has 146 valence electrons. The Morgan fingerprint density at radius 1 is 1.36 bits per heavy atom. The first-order valence-corrected chi connectivity index (χ1v) is 10.4. The minimum atomic E-state index is -0.592. The molecule has 0 aliphatic carbocycles. The van der Waals surface area contributed by atoms with Crippen LogP contribution in [0.3, 0.4) is 0 Å². The third-order valence-electron chi connectivity index (χ3n) is 3.71. The summed E-state index contributed by atoms with van der Waals surface area (Å²) in [4.78, 5) is 29.7. The number of hydrogen-bond acceptors (Lipinski definition) is 8. The molecule has 0 saturated carbocycles. The lowest BCUT2D eigenvalue weighted by molar-refractivity contribution is -0.124. The van der Waals surface area contributed by atoms with Crippen LogP contribution in [-0.2, 0) is 15.3 Å². The van der Waals surface area contributed by atoms with Crippen LogP contribution < -0.4 is 5.32 Å². The molecule has 3 heterocycles. The van der Waals surface area contributed by atoms with Crippen molar-refractivity contribution < 1.29 is 18.8 Å². The zero-order valence-electron chi connectivity index (χ0n) is 15.4. The molecule has 1 atom stereocenters. The second-order valence-corrected chi connectivity index (χ2v) is 7.90. The van der Waals surface area contributed by atoms with Crippen molar-refractivity contribution in [3.63, 3.8) is 0 Å². The van der Waals surface area contributed by atoms with E-state index in [9.17, 15) is 9.59 Å². The van der Waals surface area contributed by atoms with E-state index in [1.807, 2.05) is 37.4 Å². The van der Waals surface area contributed by atoms with Crippen molar-refractivity contribution in [2.75, 3.05) is 6.61 Å². The fraction of sp³-hybridized carbons (Fsp3) is 0.263. The molecule has 1 N–H and O–H groups in total. The zero-order valence-corrected chi connectivity index (χ0v) is 17.0. The van der Waals surface area contributed by atoms with Gasteiger partial charge in [0.15, 0.2) is 6.61 Å². The Kier molecular flexibility index (Phi) is 6.83. The summed E-state index contributed by atoms with van der Waals surface area (Å²) < 4.78 is 10.2. The van der Waals surface area contributed by atoms with Crippen LogP contribution in [0.15, 0.2) is 51.5 Å². The summed E-state index contributed by atoms with van der Waals surface area (Å²) in [6, 6.07) is 8.83. The van der Waals surface area contributed by atoms with Crippen LogP contribution in [0.4, 0.5) is 0 Å². The van der Waals surface area contributed by atoms with Crippen molar-refractivity contribution in [1.29, 1.82) is 0 Å². The van der Waals surface area contributed by atoms with Crippen molar-refractivity contribution in [2.45, 2.75) is 30.7 Å². The van der Waals surface area contributed by atoms with E-state index in [1.165, 1.54) is 11.8 Å². The largest absolute Gasteiger partial charge is 0.452 e. The monoisotopic (exact) mass is 417 g/mol. The number of esters is 1. The average Bonchev–Trinajstić information content (AvgIpc) is 3.36. The Balaban J connectivity index is 1.54. The van der Waals surface area contributed by atoms with Gasteiger partial charge in [0.1, 0.15) is 10.8 Å². The Bertz CT molecular complexity index is 940. The quantitative estimate of drug-likeness (QED) is 0.440. The molecule has 7 nitrogen and oxygen atoms in total. The van der Waals surface area contributed by atoms with Gasteiger partial charge in [-0.2, -0.15) is 0 Å². The van der Waals surface area contributed by atoms with Gasteiger partial charge in [0.2, 0.25) is 0 Å². The lowest BCUT2D eigenvalue weighted by atomic mass is 10.3. The highest BCUT2D eigenvalue weighted by molar-refractivity contribution is 7.98. The van der Waals surface area contributed by atoms with Gasteiger partial charge in [0, 0.05) is 22.9 Å². The summed E-state index contributed by atoms with van der Waals surface area (Å²) in [6.45, 7) is 3.35. The number of carbonyl (C=O) groups is 2. The summed E-state index contributed by atoms with van der Waals surface area (Å²) >= 11 is 2.91. The molecule has 0 spiro atoms. The Morgan fingerprint density at radius 2 is 2.21 bits per heavy atom. The van der Waals surface area contributed by atoms with Gasteiger partial charge in [-0.15, -0.1) is 11.3 Å².